The third kappa shape index (κ3) is 6.63. The number of nitrogens with one attached hydrogen (secondary N) is 1. The Morgan fingerprint density at radius 3 is 2.55 bits per heavy atom. The van der Waals surface area contributed by atoms with Crippen molar-refractivity contribution in [3.8, 4) is 11.1 Å². The molecule has 1 aliphatic rings. The molecule has 0 atom stereocenters. The van der Waals surface area contributed by atoms with Gasteiger partial charge in [0.1, 0.15) is 10.7 Å². The second-order valence-corrected chi connectivity index (χ2v) is 9.70. The predicted octanol–water partition coefficient (Wildman–Crippen LogP) is 6.55. The summed E-state index contributed by atoms with van der Waals surface area (Å²) < 4.78 is 0. The summed E-state index contributed by atoms with van der Waals surface area (Å²) in [6, 6.07) is 21.0. The van der Waals surface area contributed by atoms with E-state index in [1.807, 2.05) is 18.3 Å². The molecule has 0 radical (unpaired) electrons. The fourth-order valence-corrected chi connectivity index (χ4v) is 4.63. The smallest absolute Gasteiger partial charge is 0.132 e. The van der Waals surface area contributed by atoms with Gasteiger partial charge in [0.25, 0.3) is 0 Å². The Hall–Kier alpha value is -2.27. The van der Waals surface area contributed by atoms with Gasteiger partial charge in [-0.05, 0) is 72.8 Å². The Morgan fingerprint density at radius 1 is 0.939 bits per heavy atom. The standard InChI is InChI=1S/C27H32Cl2N4/c1-21-7-2-3-10-25(21)22-11-13-31-26(20-22)30-12-4-5-14-32-15-17-33(18-16-32)24-9-6-8-23(19-24)27(28)29/h2-3,6-11,13,19-20,27H,4-5,12,14-18H2,1H3,(H,30,31). The number of alkyl halides is 2. The molecule has 0 unspecified atom stereocenters. The first-order valence-corrected chi connectivity index (χ1v) is 12.6. The zero-order valence-electron chi connectivity index (χ0n) is 19.2. The molecule has 0 aliphatic carbocycles. The maximum absolute atomic E-state index is 6.03. The van der Waals surface area contributed by atoms with E-state index in [0.717, 1.165) is 57.1 Å². The zero-order valence-corrected chi connectivity index (χ0v) is 20.7. The normalized spacial score (nSPS) is 14.6. The molecule has 0 saturated carbocycles. The highest BCUT2D eigenvalue weighted by Crippen LogP contribution is 2.28. The van der Waals surface area contributed by atoms with E-state index in [1.54, 1.807) is 0 Å². The van der Waals surface area contributed by atoms with Crippen molar-refractivity contribution in [3.05, 3.63) is 78.0 Å². The number of hydrogen-bond donors (Lipinski definition) is 1. The van der Waals surface area contributed by atoms with Crippen LogP contribution in [0.1, 0.15) is 28.8 Å². The molecule has 0 bridgehead atoms. The minimum absolute atomic E-state index is 0.472. The van der Waals surface area contributed by atoms with Crippen LogP contribution in [0.15, 0.2) is 66.9 Å². The van der Waals surface area contributed by atoms with E-state index < -0.39 is 4.84 Å². The Morgan fingerprint density at radius 2 is 1.76 bits per heavy atom. The number of hydrogen-bond acceptors (Lipinski definition) is 4. The summed E-state index contributed by atoms with van der Waals surface area (Å²) in [5.74, 6) is 0.947. The third-order valence-electron chi connectivity index (χ3n) is 6.28. The number of anilines is 2. The minimum Gasteiger partial charge on any atom is -0.370 e. The first kappa shape index (κ1) is 23.9. The molecular weight excluding hydrogens is 451 g/mol. The van der Waals surface area contributed by atoms with Crippen LogP contribution in [0.2, 0.25) is 0 Å². The number of pyridine rings is 1. The van der Waals surface area contributed by atoms with Gasteiger partial charge in [0.15, 0.2) is 0 Å². The summed E-state index contributed by atoms with van der Waals surface area (Å²) in [6.07, 6.45) is 4.20. The molecule has 174 valence electrons. The largest absolute Gasteiger partial charge is 0.370 e. The van der Waals surface area contributed by atoms with Gasteiger partial charge >= 0.3 is 0 Å². The van der Waals surface area contributed by atoms with Gasteiger partial charge < -0.3 is 10.2 Å². The number of benzene rings is 2. The molecule has 0 amide bonds. The molecule has 1 saturated heterocycles. The average Bonchev–Trinajstić information content (AvgIpc) is 2.85. The summed E-state index contributed by atoms with van der Waals surface area (Å²) in [4.78, 5) is 9.00. The summed E-state index contributed by atoms with van der Waals surface area (Å²) in [6.45, 7) is 8.46. The molecule has 4 rings (SSSR count). The first-order chi connectivity index (χ1) is 16.1. The van der Waals surface area contributed by atoms with Crippen molar-refractivity contribution < 1.29 is 0 Å². The Balaban J connectivity index is 1.17. The van der Waals surface area contributed by atoms with Gasteiger partial charge in [-0.2, -0.15) is 0 Å². The number of rotatable bonds is 9. The molecule has 1 aromatic heterocycles. The van der Waals surface area contributed by atoms with Gasteiger partial charge in [-0.3, -0.25) is 4.90 Å². The molecule has 1 fully saturated rings. The molecule has 3 aromatic rings. The van der Waals surface area contributed by atoms with Crippen LogP contribution >= 0.6 is 23.2 Å². The molecule has 33 heavy (non-hydrogen) atoms. The van der Waals surface area contributed by atoms with E-state index in [0.29, 0.717) is 0 Å². The minimum atomic E-state index is -0.472. The number of halogens is 2. The lowest BCUT2D eigenvalue weighted by atomic mass is 10.0. The average molecular weight is 483 g/mol. The van der Waals surface area contributed by atoms with Gasteiger partial charge in [0, 0.05) is 44.6 Å². The number of piperazine rings is 1. The summed E-state index contributed by atoms with van der Waals surface area (Å²) in [5.41, 5.74) is 5.93. The Kier molecular flexibility index (Phi) is 8.49. The van der Waals surface area contributed by atoms with E-state index in [-0.39, 0.29) is 0 Å². The second-order valence-electron chi connectivity index (χ2n) is 8.60. The van der Waals surface area contributed by atoms with Gasteiger partial charge in [0.2, 0.25) is 0 Å². The van der Waals surface area contributed by atoms with Gasteiger partial charge in [-0.1, -0.05) is 36.4 Å². The molecule has 1 N–H and O–H groups in total. The highest BCUT2D eigenvalue weighted by molar-refractivity contribution is 6.44. The number of unbranched alkanes of at least 4 members (excludes halogenated alkanes) is 1. The first-order valence-electron chi connectivity index (χ1n) is 11.7. The van der Waals surface area contributed by atoms with Crippen LogP contribution in [0, 0.1) is 6.92 Å². The van der Waals surface area contributed by atoms with Crippen LogP contribution in [-0.4, -0.2) is 49.2 Å². The summed E-state index contributed by atoms with van der Waals surface area (Å²) in [5, 5.41) is 3.50. The summed E-state index contributed by atoms with van der Waals surface area (Å²) >= 11 is 12.1. The van der Waals surface area contributed by atoms with Crippen LogP contribution < -0.4 is 10.2 Å². The zero-order chi connectivity index (χ0) is 23.0. The van der Waals surface area contributed by atoms with Crippen molar-refractivity contribution in [1.29, 1.82) is 0 Å². The summed E-state index contributed by atoms with van der Waals surface area (Å²) in [7, 11) is 0. The lowest BCUT2D eigenvalue weighted by Crippen LogP contribution is -2.46. The number of aryl methyl sites for hydroxylation is 1. The molecule has 2 heterocycles. The molecule has 6 heteroatoms. The van der Waals surface area contributed by atoms with Crippen molar-refractivity contribution >= 4 is 34.7 Å². The van der Waals surface area contributed by atoms with Crippen molar-refractivity contribution in [3.63, 3.8) is 0 Å². The maximum atomic E-state index is 6.03. The molecular formula is C27H32Cl2N4. The molecule has 0 spiro atoms. The maximum Gasteiger partial charge on any atom is 0.132 e. The predicted molar refractivity (Wildman–Crippen MR) is 142 cm³/mol. The van der Waals surface area contributed by atoms with E-state index in [1.165, 1.54) is 28.8 Å². The van der Waals surface area contributed by atoms with Crippen LogP contribution in [0.25, 0.3) is 11.1 Å². The van der Waals surface area contributed by atoms with Crippen molar-refractivity contribution in [2.24, 2.45) is 0 Å². The lowest BCUT2D eigenvalue weighted by molar-refractivity contribution is 0.254. The van der Waals surface area contributed by atoms with Crippen LogP contribution in [-0.2, 0) is 0 Å². The number of aromatic nitrogens is 1. The topological polar surface area (TPSA) is 31.4 Å². The lowest BCUT2D eigenvalue weighted by Gasteiger charge is -2.36. The fourth-order valence-electron chi connectivity index (χ4n) is 4.36. The van der Waals surface area contributed by atoms with Crippen molar-refractivity contribution in [2.75, 3.05) is 49.5 Å². The van der Waals surface area contributed by atoms with Crippen molar-refractivity contribution in [2.45, 2.75) is 24.6 Å². The quantitative estimate of drug-likeness (QED) is 0.276. The third-order valence-corrected chi connectivity index (χ3v) is 6.79. The van der Waals surface area contributed by atoms with Crippen LogP contribution in [0.4, 0.5) is 11.5 Å². The molecule has 1 aliphatic heterocycles. The van der Waals surface area contributed by atoms with Crippen molar-refractivity contribution in [1.82, 2.24) is 9.88 Å². The monoisotopic (exact) mass is 482 g/mol. The van der Waals surface area contributed by atoms with Gasteiger partial charge in [-0.25, -0.2) is 4.98 Å². The fraction of sp³-hybridized carbons (Fsp3) is 0.370. The van der Waals surface area contributed by atoms with Gasteiger partial charge in [0.05, 0.1) is 0 Å². The van der Waals surface area contributed by atoms with E-state index >= 15 is 0 Å². The Labute approximate surface area is 207 Å². The van der Waals surface area contributed by atoms with Crippen LogP contribution in [0.5, 0.6) is 0 Å². The SMILES string of the molecule is Cc1ccccc1-c1ccnc(NCCCCN2CCN(c3cccc(C(Cl)Cl)c3)CC2)c1. The van der Waals surface area contributed by atoms with E-state index in [4.69, 9.17) is 23.2 Å². The Bertz CT molecular complexity index is 1030. The second kappa shape index (κ2) is 11.7. The highest BCUT2D eigenvalue weighted by atomic mass is 35.5. The van der Waals surface area contributed by atoms with E-state index in [9.17, 15) is 0 Å². The van der Waals surface area contributed by atoms with Gasteiger partial charge in [-0.15, -0.1) is 23.2 Å². The van der Waals surface area contributed by atoms with Crippen LogP contribution in [0.3, 0.4) is 0 Å². The van der Waals surface area contributed by atoms with E-state index in [2.05, 4.69) is 75.6 Å². The highest BCUT2D eigenvalue weighted by Gasteiger charge is 2.17. The molecule has 4 nitrogen and oxygen atoms in total. The molecule has 2 aromatic carbocycles. The number of nitrogens with zero attached hydrogens (tertiary/aromatic N) is 3.